The van der Waals surface area contributed by atoms with Crippen LogP contribution >= 0.6 is 22.9 Å². The molecule has 0 spiro atoms. The van der Waals surface area contributed by atoms with Gasteiger partial charge in [0.2, 0.25) is 9.47 Å². The first-order chi connectivity index (χ1) is 7.65. The van der Waals surface area contributed by atoms with E-state index in [-0.39, 0.29) is 11.9 Å². The van der Waals surface area contributed by atoms with Gasteiger partial charge in [-0.15, -0.1) is 10.2 Å². The molecule has 16 heavy (non-hydrogen) atoms. The molecule has 1 aromatic heterocycles. The molecule has 1 N–H and O–H groups in total. The molecular formula is C9H13ClN4OS. The van der Waals surface area contributed by atoms with Gasteiger partial charge in [-0.1, -0.05) is 11.3 Å². The van der Waals surface area contributed by atoms with E-state index in [1.165, 1.54) is 0 Å². The van der Waals surface area contributed by atoms with E-state index in [1.54, 1.807) is 0 Å². The number of hydrogen-bond donors (Lipinski definition) is 1. The highest BCUT2D eigenvalue weighted by Gasteiger charge is 2.21. The molecule has 88 valence electrons. The van der Waals surface area contributed by atoms with Crippen molar-refractivity contribution in [1.82, 2.24) is 20.4 Å². The Morgan fingerprint density at radius 3 is 3.06 bits per heavy atom. The minimum atomic E-state index is -0.176. The van der Waals surface area contributed by atoms with Crippen molar-refractivity contribution in [2.24, 2.45) is 0 Å². The van der Waals surface area contributed by atoms with Gasteiger partial charge in [-0.3, -0.25) is 4.79 Å². The summed E-state index contributed by atoms with van der Waals surface area (Å²) in [4.78, 5) is 14.0. The predicted octanol–water partition coefficient (Wildman–Crippen LogP) is 1.02. The number of carbonyl (C=O) groups excluding carboxylic acids is 1. The lowest BCUT2D eigenvalue weighted by Gasteiger charge is -2.29. The fourth-order valence-electron chi connectivity index (χ4n) is 1.83. The molecule has 0 saturated carbocycles. The lowest BCUT2D eigenvalue weighted by molar-refractivity contribution is 0.0911. The first kappa shape index (κ1) is 11.8. The van der Waals surface area contributed by atoms with Crippen molar-refractivity contribution in [2.45, 2.75) is 18.9 Å². The third-order valence-corrected chi connectivity index (χ3v) is 3.57. The summed E-state index contributed by atoms with van der Waals surface area (Å²) in [5.41, 5.74) is 0. The topological polar surface area (TPSA) is 58.1 Å². The number of halogens is 1. The van der Waals surface area contributed by atoms with E-state index in [1.807, 2.05) is 0 Å². The summed E-state index contributed by atoms with van der Waals surface area (Å²) < 4.78 is 0.297. The van der Waals surface area contributed by atoms with E-state index in [4.69, 9.17) is 11.6 Å². The van der Waals surface area contributed by atoms with Gasteiger partial charge in [0.25, 0.3) is 5.91 Å². The number of amides is 1. The highest BCUT2D eigenvalue weighted by Crippen LogP contribution is 2.15. The Labute approximate surface area is 103 Å². The summed E-state index contributed by atoms with van der Waals surface area (Å²) in [6.45, 7) is 1.98. The molecule has 0 radical (unpaired) electrons. The second-order valence-electron chi connectivity index (χ2n) is 3.94. The average molecular weight is 261 g/mol. The van der Waals surface area contributed by atoms with Gasteiger partial charge in [0, 0.05) is 12.6 Å². The summed E-state index contributed by atoms with van der Waals surface area (Å²) in [6, 6.07) is 0.203. The summed E-state index contributed by atoms with van der Waals surface area (Å²) in [7, 11) is 2.06. The Balaban J connectivity index is 1.92. The predicted molar refractivity (Wildman–Crippen MR) is 62.9 cm³/mol. The first-order valence-electron chi connectivity index (χ1n) is 5.13. The number of hydrogen-bond acceptors (Lipinski definition) is 5. The van der Waals surface area contributed by atoms with Crippen molar-refractivity contribution < 1.29 is 4.79 Å². The van der Waals surface area contributed by atoms with Crippen LogP contribution in [-0.4, -0.2) is 47.2 Å². The Morgan fingerprint density at radius 2 is 2.44 bits per heavy atom. The van der Waals surface area contributed by atoms with Gasteiger partial charge in [0.15, 0.2) is 0 Å². The molecular weight excluding hydrogens is 248 g/mol. The van der Waals surface area contributed by atoms with Crippen LogP contribution in [0.5, 0.6) is 0 Å². The van der Waals surface area contributed by atoms with Crippen LogP contribution in [-0.2, 0) is 0 Å². The highest BCUT2D eigenvalue weighted by molar-refractivity contribution is 7.17. The molecule has 1 fully saturated rings. The Hall–Kier alpha value is -0.720. The molecule has 0 bridgehead atoms. The second kappa shape index (κ2) is 5.07. The number of rotatable bonds is 2. The van der Waals surface area contributed by atoms with Crippen LogP contribution in [0.2, 0.25) is 4.47 Å². The smallest absolute Gasteiger partial charge is 0.282 e. The Kier molecular flexibility index (Phi) is 3.73. The summed E-state index contributed by atoms with van der Waals surface area (Å²) in [5, 5.41) is 10.6. The molecule has 5 nitrogen and oxygen atoms in total. The van der Waals surface area contributed by atoms with Crippen molar-refractivity contribution in [3.63, 3.8) is 0 Å². The fraction of sp³-hybridized carbons (Fsp3) is 0.667. The van der Waals surface area contributed by atoms with Crippen LogP contribution in [0.1, 0.15) is 22.6 Å². The normalized spacial score (nSPS) is 22.0. The number of likely N-dealkylation sites (tertiary alicyclic amines) is 1. The van der Waals surface area contributed by atoms with Crippen molar-refractivity contribution in [3.05, 3.63) is 9.47 Å². The zero-order valence-electron chi connectivity index (χ0n) is 8.94. The van der Waals surface area contributed by atoms with Crippen LogP contribution in [0.15, 0.2) is 0 Å². The van der Waals surface area contributed by atoms with Gasteiger partial charge >= 0.3 is 0 Å². The lowest BCUT2D eigenvalue weighted by Crippen LogP contribution is -2.46. The maximum absolute atomic E-state index is 11.8. The standard InChI is InChI=1S/C9H13ClN4OS/c1-14-4-2-3-6(5-14)11-7(15)8-12-13-9(10)16-8/h6H,2-5H2,1H3,(H,11,15). The third kappa shape index (κ3) is 2.90. The van der Waals surface area contributed by atoms with Gasteiger partial charge in [-0.2, -0.15) is 0 Å². The zero-order chi connectivity index (χ0) is 11.5. The minimum absolute atomic E-state index is 0.176. The van der Waals surface area contributed by atoms with Gasteiger partial charge in [-0.05, 0) is 38.0 Å². The molecule has 0 aromatic carbocycles. The Morgan fingerprint density at radius 1 is 1.62 bits per heavy atom. The van der Waals surface area contributed by atoms with Gasteiger partial charge < -0.3 is 10.2 Å². The molecule has 1 aliphatic rings. The van der Waals surface area contributed by atoms with E-state index >= 15 is 0 Å². The first-order valence-corrected chi connectivity index (χ1v) is 6.33. The van der Waals surface area contributed by atoms with Crippen molar-refractivity contribution in [3.8, 4) is 0 Å². The van der Waals surface area contributed by atoms with Crippen LogP contribution in [0.4, 0.5) is 0 Å². The lowest BCUT2D eigenvalue weighted by atomic mass is 10.1. The molecule has 1 aliphatic heterocycles. The SMILES string of the molecule is CN1CCCC(NC(=O)c2nnc(Cl)s2)C1. The van der Waals surface area contributed by atoms with Gasteiger partial charge in [-0.25, -0.2) is 0 Å². The van der Waals surface area contributed by atoms with Gasteiger partial charge in [0.05, 0.1) is 0 Å². The summed E-state index contributed by atoms with van der Waals surface area (Å²) >= 11 is 6.73. The van der Waals surface area contributed by atoms with E-state index in [0.717, 1.165) is 37.3 Å². The Bertz CT molecular complexity index is 383. The number of nitrogens with zero attached hydrogens (tertiary/aromatic N) is 3. The molecule has 1 aromatic rings. The number of aromatic nitrogens is 2. The molecule has 2 rings (SSSR count). The van der Waals surface area contributed by atoms with Crippen molar-refractivity contribution in [1.29, 1.82) is 0 Å². The molecule has 0 aliphatic carbocycles. The van der Waals surface area contributed by atoms with Crippen LogP contribution in [0.25, 0.3) is 0 Å². The van der Waals surface area contributed by atoms with Gasteiger partial charge in [0.1, 0.15) is 0 Å². The molecule has 1 saturated heterocycles. The van der Waals surface area contributed by atoms with Crippen LogP contribution < -0.4 is 5.32 Å². The second-order valence-corrected chi connectivity index (χ2v) is 5.49. The minimum Gasteiger partial charge on any atom is -0.346 e. The maximum Gasteiger partial charge on any atom is 0.282 e. The van der Waals surface area contributed by atoms with E-state index in [0.29, 0.717) is 9.47 Å². The number of nitrogens with one attached hydrogen (secondary N) is 1. The summed E-state index contributed by atoms with van der Waals surface area (Å²) in [5.74, 6) is -0.176. The largest absolute Gasteiger partial charge is 0.346 e. The fourth-order valence-corrected chi connectivity index (χ4v) is 2.56. The quantitative estimate of drug-likeness (QED) is 0.863. The third-order valence-electron chi connectivity index (χ3n) is 2.55. The average Bonchev–Trinajstić information content (AvgIpc) is 2.65. The van der Waals surface area contributed by atoms with Crippen molar-refractivity contribution >= 4 is 28.8 Å². The molecule has 1 unspecified atom stereocenters. The van der Waals surface area contributed by atoms with E-state index < -0.39 is 0 Å². The van der Waals surface area contributed by atoms with Crippen LogP contribution in [0.3, 0.4) is 0 Å². The van der Waals surface area contributed by atoms with E-state index in [2.05, 4.69) is 27.5 Å². The molecule has 7 heteroatoms. The van der Waals surface area contributed by atoms with Crippen molar-refractivity contribution in [2.75, 3.05) is 20.1 Å². The monoisotopic (exact) mass is 260 g/mol. The highest BCUT2D eigenvalue weighted by atomic mass is 35.5. The number of likely N-dealkylation sites (N-methyl/N-ethyl adjacent to an activating group) is 1. The molecule has 2 heterocycles. The molecule has 1 atom stereocenters. The molecule has 1 amide bonds. The zero-order valence-corrected chi connectivity index (χ0v) is 10.5. The van der Waals surface area contributed by atoms with Crippen LogP contribution in [0, 0.1) is 0 Å². The number of carbonyl (C=O) groups is 1. The maximum atomic E-state index is 11.8. The number of piperidine rings is 1. The summed E-state index contributed by atoms with van der Waals surface area (Å²) in [6.07, 6.45) is 2.13. The van der Waals surface area contributed by atoms with E-state index in [9.17, 15) is 4.79 Å².